The van der Waals surface area contributed by atoms with E-state index in [1.165, 1.54) is 0 Å². The molecule has 0 fully saturated rings. The Balaban J connectivity index is 3.05. The van der Waals surface area contributed by atoms with Crippen molar-refractivity contribution in [3.8, 4) is 0 Å². The van der Waals surface area contributed by atoms with Crippen molar-refractivity contribution in [3.63, 3.8) is 0 Å². The van der Waals surface area contributed by atoms with Gasteiger partial charge >= 0.3 is 0 Å². The summed E-state index contributed by atoms with van der Waals surface area (Å²) in [5, 5.41) is 11.8. The molecule has 60 valence electrons. The van der Waals surface area contributed by atoms with E-state index in [1.807, 2.05) is 0 Å². The summed E-state index contributed by atoms with van der Waals surface area (Å²) in [6, 6.07) is 1.55. The number of hydrogen-bond acceptors (Lipinski definition) is 4. The number of hydrazine groups is 1. The highest BCUT2D eigenvalue weighted by atomic mass is 31.1. The van der Waals surface area contributed by atoms with Gasteiger partial charge in [-0.2, -0.15) is 0 Å². The predicted molar refractivity (Wildman–Crippen MR) is 52.7 cm³/mol. The van der Waals surface area contributed by atoms with Crippen molar-refractivity contribution in [1.29, 1.82) is 0 Å². The van der Waals surface area contributed by atoms with E-state index in [2.05, 4.69) is 9.24 Å². The molecule has 4 N–H and O–H groups in total. The zero-order valence-electron chi connectivity index (χ0n) is 5.69. The molecule has 4 nitrogen and oxygen atoms in total. The molecule has 1 aromatic rings. The molecular formula is C5H8N3OP2-. The first-order valence-electron chi connectivity index (χ1n) is 2.84. The fourth-order valence-electron chi connectivity index (χ4n) is 0.601. The average Bonchev–Trinajstić information content (AvgIpc) is 1.94. The smallest absolute Gasteiger partial charge is 0.0470 e. The van der Waals surface area contributed by atoms with Crippen LogP contribution in [0.25, 0.3) is 0 Å². The standard InChI is InChI=1S/C5H8N3OP2/c6-4-1-3(8(7)9)2-11-5(4)10/h1-2H,6-7,10H2/q-1. The molecule has 0 amide bonds. The zero-order valence-corrected chi connectivity index (χ0v) is 7.74. The third-order valence-corrected chi connectivity index (χ3v) is 2.90. The second-order valence-corrected chi connectivity index (χ2v) is 4.06. The van der Waals surface area contributed by atoms with Gasteiger partial charge in [-0.05, 0) is 11.9 Å². The molecule has 1 atom stereocenters. The van der Waals surface area contributed by atoms with Gasteiger partial charge in [-0.15, -0.1) is 0 Å². The molecule has 0 radical (unpaired) electrons. The van der Waals surface area contributed by atoms with Crippen LogP contribution in [0.15, 0.2) is 11.9 Å². The molecule has 0 spiro atoms. The number of nitrogens with two attached hydrogens (primary N) is 2. The molecular weight excluding hydrogens is 180 g/mol. The van der Waals surface area contributed by atoms with Crippen LogP contribution in [0, 0.1) is 5.21 Å². The maximum atomic E-state index is 10.6. The van der Waals surface area contributed by atoms with E-state index in [9.17, 15) is 5.21 Å². The fraction of sp³-hybridized carbons (Fsp3) is 0. The Morgan fingerprint density at radius 3 is 2.73 bits per heavy atom. The summed E-state index contributed by atoms with van der Waals surface area (Å²) < 4.78 is 0. The van der Waals surface area contributed by atoms with Crippen LogP contribution in [0.1, 0.15) is 0 Å². The Hall–Kier alpha value is -0.400. The minimum Gasteiger partial charge on any atom is -0.743 e. The molecule has 1 heterocycles. The van der Waals surface area contributed by atoms with Gasteiger partial charge in [0.15, 0.2) is 0 Å². The highest BCUT2D eigenvalue weighted by molar-refractivity contribution is 7.52. The van der Waals surface area contributed by atoms with Gasteiger partial charge < -0.3 is 16.1 Å². The van der Waals surface area contributed by atoms with E-state index in [4.69, 9.17) is 11.6 Å². The Morgan fingerprint density at radius 2 is 2.27 bits per heavy atom. The van der Waals surface area contributed by atoms with Gasteiger partial charge in [-0.1, -0.05) is 17.4 Å². The predicted octanol–water partition coefficient (Wildman–Crippen LogP) is 0.527. The van der Waals surface area contributed by atoms with Crippen molar-refractivity contribution in [3.05, 3.63) is 17.1 Å². The van der Waals surface area contributed by atoms with Crippen molar-refractivity contribution in [2.24, 2.45) is 5.84 Å². The van der Waals surface area contributed by atoms with Gasteiger partial charge in [0, 0.05) is 16.4 Å². The van der Waals surface area contributed by atoms with Gasteiger partial charge in [0.2, 0.25) is 0 Å². The second kappa shape index (κ2) is 3.33. The highest BCUT2D eigenvalue weighted by Gasteiger charge is 1.95. The molecule has 0 aliphatic heterocycles. The molecule has 1 unspecified atom stereocenters. The molecule has 0 aliphatic rings. The Kier molecular flexibility index (Phi) is 2.63. The first-order chi connectivity index (χ1) is 5.11. The highest BCUT2D eigenvalue weighted by Crippen LogP contribution is 2.21. The third-order valence-electron chi connectivity index (χ3n) is 1.19. The van der Waals surface area contributed by atoms with Crippen molar-refractivity contribution in [2.45, 2.75) is 0 Å². The molecule has 6 heteroatoms. The first kappa shape index (κ1) is 8.69. The van der Waals surface area contributed by atoms with Crippen LogP contribution < -0.4 is 21.8 Å². The number of rotatable bonds is 1. The van der Waals surface area contributed by atoms with Gasteiger partial charge in [0.25, 0.3) is 0 Å². The summed E-state index contributed by atoms with van der Waals surface area (Å²) in [6.45, 7) is 0. The van der Waals surface area contributed by atoms with E-state index in [0.717, 1.165) is 13.2 Å². The lowest BCUT2D eigenvalue weighted by atomic mass is 10.4. The van der Waals surface area contributed by atoms with Crippen molar-refractivity contribution in [1.82, 2.24) is 0 Å². The van der Waals surface area contributed by atoms with Crippen molar-refractivity contribution in [2.75, 3.05) is 10.9 Å². The monoisotopic (exact) mass is 188 g/mol. The molecule has 11 heavy (non-hydrogen) atoms. The maximum absolute atomic E-state index is 10.6. The van der Waals surface area contributed by atoms with Crippen LogP contribution in [0.2, 0.25) is 0 Å². The quantitative estimate of drug-likeness (QED) is 0.382. The number of nitrogens with zero attached hydrogens (tertiary/aromatic N) is 1. The maximum Gasteiger partial charge on any atom is 0.0470 e. The summed E-state index contributed by atoms with van der Waals surface area (Å²) >= 11 is 0. The number of nitrogen functional groups attached to an aromatic ring is 1. The van der Waals surface area contributed by atoms with Crippen LogP contribution in [0.5, 0.6) is 0 Å². The summed E-state index contributed by atoms with van der Waals surface area (Å²) in [4.78, 5) is 0. The van der Waals surface area contributed by atoms with E-state index >= 15 is 0 Å². The lowest BCUT2D eigenvalue weighted by Gasteiger charge is -2.23. The molecule has 1 rings (SSSR count). The molecule has 0 aliphatic carbocycles. The normalized spacial score (nSPS) is 10.5. The van der Waals surface area contributed by atoms with Crippen molar-refractivity contribution >= 4 is 33.8 Å². The third kappa shape index (κ3) is 2.01. The van der Waals surface area contributed by atoms with Crippen LogP contribution in [-0.2, 0) is 0 Å². The van der Waals surface area contributed by atoms with Gasteiger partial charge in [-0.3, -0.25) is 5.84 Å². The first-order valence-corrected chi connectivity index (χ1v) is 4.38. The van der Waals surface area contributed by atoms with Crippen LogP contribution >= 0.6 is 17.4 Å². The number of hydrogen-bond donors (Lipinski definition) is 2. The molecule has 1 aromatic heterocycles. The molecule has 0 aromatic carbocycles. The zero-order chi connectivity index (χ0) is 8.43. The van der Waals surface area contributed by atoms with E-state index < -0.39 is 0 Å². The molecule has 0 saturated heterocycles. The largest absolute Gasteiger partial charge is 0.743 e. The lowest BCUT2D eigenvalue weighted by Crippen LogP contribution is -2.22. The van der Waals surface area contributed by atoms with Crippen LogP contribution in [0.3, 0.4) is 0 Å². The number of anilines is 2. The van der Waals surface area contributed by atoms with Crippen molar-refractivity contribution < 1.29 is 0 Å². The van der Waals surface area contributed by atoms with E-state index in [1.54, 1.807) is 11.9 Å². The topological polar surface area (TPSA) is 78.3 Å². The Bertz CT molecular complexity index is 266. The van der Waals surface area contributed by atoms with Crippen LogP contribution in [-0.4, -0.2) is 0 Å². The Morgan fingerprint density at radius 1 is 1.64 bits per heavy atom. The Labute approximate surface area is 68.4 Å². The fourth-order valence-corrected chi connectivity index (χ4v) is 1.58. The van der Waals surface area contributed by atoms with E-state index in [0.29, 0.717) is 16.5 Å². The van der Waals surface area contributed by atoms with Gasteiger partial charge in [-0.25, -0.2) is 0 Å². The summed E-state index contributed by atoms with van der Waals surface area (Å²) in [6.07, 6.45) is 0. The van der Waals surface area contributed by atoms with E-state index in [-0.39, 0.29) is 0 Å². The average molecular weight is 188 g/mol. The second-order valence-electron chi connectivity index (χ2n) is 1.99. The summed E-state index contributed by atoms with van der Waals surface area (Å²) in [7, 11) is 3.40. The van der Waals surface area contributed by atoms with Gasteiger partial charge in [0.1, 0.15) is 0 Å². The summed E-state index contributed by atoms with van der Waals surface area (Å²) in [5.74, 6) is 6.66. The minimum atomic E-state index is 0.303. The lowest BCUT2D eigenvalue weighted by molar-refractivity contribution is 1.09. The summed E-state index contributed by atoms with van der Waals surface area (Å²) in [5.41, 5.74) is 6.52. The van der Waals surface area contributed by atoms with Gasteiger partial charge in [0.05, 0.1) is 0 Å². The SMILES string of the molecule is Nc1cc(N(N)[O-])cpc1P. The molecule has 0 saturated carbocycles. The molecule has 0 bridgehead atoms. The minimum absolute atomic E-state index is 0.303. The van der Waals surface area contributed by atoms with Crippen LogP contribution in [0.4, 0.5) is 11.4 Å².